The highest BCUT2D eigenvalue weighted by Crippen LogP contribution is 1.85. The van der Waals surface area contributed by atoms with Crippen molar-refractivity contribution >= 4 is 5.91 Å². The number of rotatable bonds is 3. The number of aliphatic hydroxyl groups is 2. The van der Waals surface area contributed by atoms with Gasteiger partial charge in [-0.15, -0.1) is 0 Å². The van der Waals surface area contributed by atoms with Crippen molar-refractivity contribution in [3.05, 3.63) is 0 Å². The van der Waals surface area contributed by atoms with Crippen molar-refractivity contribution in [3.63, 3.8) is 0 Å². The Hall–Kier alpha value is -0.650. The highest BCUT2D eigenvalue weighted by Gasteiger charge is 2.18. The third-order valence-corrected chi connectivity index (χ3v) is 0.908. The van der Waals surface area contributed by atoms with Gasteiger partial charge in [0.2, 0.25) is 5.91 Å². The zero-order chi connectivity index (χ0) is 7.44. The average molecular weight is 134 g/mol. The summed E-state index contributed by atoms with van der Waals surface area (Å²) in [6.45, 7) is -0.454. The van der Waals surface area contributed by atoms with E-state index >= 15 is 0 Å². The third kappa shape index (κ3) is 2.41. The first kappa shape index (κ1) is 8.35. The minimum Gasteiger partial charge on any atom is -0.395 e. The van der Waals surface area contributed by atoms with E-state index in [0.717, 1.165) is 0 Å². The van der Waals surface area contributed by atoms with Gasteiger partial charge in [-0.25, -0.2) is 0 Å². The number of nitrogens with two attached hydrogens (primary N) is 2. The molecule has 5 heteroatoms. The average Bonchev–Trinajstić information content (AvgIpc) is 1.84. The maximum Gasteiger partial charge on any atom is 0.247 e. The smallest absolute Gasteiger partial charge is 0.247 e. The van der Waals surface area contributed by atoms with Crippen molar-refractivity contribution in [3.8, 4) is 0 Å². The van der Waals surface area contributed by atoms with Gasteiger partial charge in [0.15, 0.2) is 0 Å². The predicted molar refractivity (Wildman–Crippen MR) is 30.3 cm³/mol. The van der Waals surface area contributed by atoms with Crippen LogP contribution in [0, 0.1) is 0 Å². The van der Waals surface area contributed by atoms with Crippen LogP contribution in [0.25, 0.3) is 0 Å². The maximum absolute atomic E-state index is 10.1. The van der Waals surface area contributed by atoms with Crippen LogP contribution >= 0.6 is 0 Å². The van der Waals surface area contributed by atoms with Gasteiger partial charge < -0.3 is 21.7 Å². The molecule has 0 rings (SSSR count). The van der Waals surface area contributed by atoms with Gasteiger partial charge in [-0.3, -0.25) is 4.79 Å². The van der Waals surface area contributed by atoms with E-state index in [4.69, 9.17) is 15.9 Å². The van der Waals surface area contributed by atoms with Crippen LogP contribution in [0.3, 0.4) is 0 Å². The molecule has 0 unspecified atom stereocenters. The summed E-state index contributed by atoms with van der Waals surface area (Å²) in [6.07, 6.45) is -1.45. The lowest BCUT2D eigenvalue weighted by Crippen LogP contribution is -2.46. The quantitative estimate of drug-likeness (QED) is 0.333. The van der Waals surface area contributed by atoms with Crippen LogP contribution in [0.2, 0.25) is 0 Å². The van der Waals surface area contributed by atoms with Crippen LogP contribution in [-0.2, 0) is 4.79 Å². The molecule has 0 aliphatic carbocycles. The molecule has 0 spiro atoms. The van der Waals surface area contributed by atoms with Crippen LogP contribution in [0.1, 0.15) is 0 Å². The summed E-state index contributed by atoms with van der Waals surface area (Å²) >= 11 is 0. The molecular weight excluding hydrogens is 124 g/mol. The number of hydrogen-bond acceptors (Lipinski definition) is 4. The topological polar surface area (TPSA) is 110 Å². The molecule has 0 radical (unpaired) electrons. The molecule has 0 bridgehead atoms. The monoisotopic (exact) mass is 134 g/mol. The van der Waals surface area contributed by atoms with Gasteiger partial charge in [0.1, 0.15) is 6.10 Å². The zero-order valence-corrected chi connectivity index (χ0v) is 4.82. The van der Waals surface area contributed by atoms with E-state index in [9.17, 15) is 4.79 Å². The molecule has 9 heavy (non-hydrogen) atoms. The van der Waals surface area contributed by atoms with Crippen molar-refractivity contribution in [1.82, 2.24) is 0 Å². The second kappa shape index (κ2) is 3.39. The molecule has 0 fully saturated rings. The van der Waals surface area contributed by atoms with Crippen molar-refractivity contribution in [2.45, 2.75) is 12.1 Å². The minimum absolute atomic E-state index is 0.454. The molecule has 0 heterocycles. The van der Waals surface area contributed by atoms with Crippen molar-refractivity contribution in [2.75, 3.05) is 6.61 Å². The molecule has 0 aliphatic heterocycles. The van der Waals surface area contributed by atoms with Crippen LogP contribution in [0.15, 0.2) is 0 Å². The Morgan fingerprint density at radius 2 is 2.11 bits per heavy atom. The van der Waals surface area contributed by atoms with E-state index in [1.807, 2.05) is 0 Å². The molecule has 0 aliphatic rings. The molecule has 0 saturated heterocycles. The maximum atomic E-state index is 10.1. The van der Waals surface area contributed by atoms with Crippen LogP contribution in [0.4, 0.5) is 0 Å². The van der Waals surface area contributed by atoms with Gasteiger partial charge in [-0.1, -0.05) is 0 Å². The second-order valence-electron chi connectivity index (χ2n) is 1.69. The zero-order valence-electron chi connectivity index (χ0n) is 4.82. The first-order valence-electron chi connectivity index (χ1n) is 2.43. The fourth-order valence-corrected chi connectivity index (χ4v) is 0.311. The Labute approximate surface area is 52.3 Å². The number of carbonyl (C=O) groups excluding carboxylic acids is 1. The largest absolute Gasteiger partial charge is 0.395 e. The molecule has 5 nitrogen and oxygen atoms in total. The first-order chi connectivity index (χ1) is 4.09. The number of amides is 1. The lowest BCUT2D eigenvalue weighted by atomic mass is 10.2. The lowest BCUT2D eigenvalue weighted by molar-refractivity contribution is -0.127. The fourth-order valence-electron chi connectivity index (χ4n) is 0.311. The van der Waals surface area contributed by atoms with E-state index in [0.29, 0.717) is 0 Å². The first-order valence-corrected chi connectivity index (χ1v) is 2.43. The predicted octanol–water partition coefficient (Wildman–Crippen LogP) is -2.85. The molecule has 54 valence electrons. The van der Waals surface area contributed by atoms with E-state index in [1.165, 1.54) is 0 Å². The standard InChI is InChI=1S/C4H10N2O3/c5-2(1-7)3(8)4(6)9/h2-3,7-8H,1,5H2,(H2,6,9)/t2-,3+/m1/s1. The SMILES string of the molecule is NC(=O)[C@@H](O)[C@H](N)CO. The molecule has 6 N–H and O–H groups in total. The van der Waals surface area contributed by atoms with Crippen molar-refractivity contribution in [1.29, 1.82) is 0 Å². The number of primary amides is 1. The van der Waals surface area contributed by atoms with Gasteiger partial charge in [-0.2, -0.15) is 0 Å². The lowest BCUT2D eigenvalue weighted by Gasteiger charge is -2.11. The molecule has 0 saturated carbocycles. The Morgan fingerprint density at radius 1 is 1.67 bits per heavy atom. The molecular formula is C4H10N2O3. The van der Waals surface area contributed by atoms with Crippen LogP contribution < -0.4 is 11.5 Å². The second-order valence-corrected chi connectivity index (χ2v) is 1.69. The highest BCUT2D eigenvalue weighted by molar-refractivity contribution is 5.79. The summed E-state index contributed by atoms with van der Waals surface area (Å²) in [5.41, 5.74) is 9.65. The summed E-state index contributed by atoms with van der Waals surface area (Å²) in [5.74, 6) is -0.920. The highest BCUT2D eigenvalue weighted by atomic mass is 16.3. The summed E-state index contributed by atoms with van der Waals surface area (Å²) < 4.78 is 0. The Bertz CT molecular complexity index is 106. The number of carbonyl (C=O) groups is 1. The van der Waals surface area contributed by atoms with Gasteiger partial charge in [0.25, 0.3) is 0 Å². The van der Waals surface area contributed by atoms with Gasteiger partial charge in [0.05, 0.1) is 12.6 Å². The fraction of sp³-hybridized carbons (Fsp3) is 0.750. The Kier molecular flexibility index (Phi) is 3.15. The van der Waals surface area contributed by atoms with Crippen molar-refractivity contribution in [2.24, 2.45) is 11.5 Å². The summed E-state index contributed by atoms with van der Waals surface area (Å²) in [7, 11) is 0. The normalized spacial score (nSPS) is 16.8. The van der Waals surface area contributed by atoms with E-state index < -0.39 is 24.7 Å². The Morgan fingerprint density at radius 3 is 2.22 bits per heavy atom. The molecule has 1 amide bonds. The van der Waals surface area contributed by atoms with Gasteiger partial charge in [0, 0.05) is 0 Å². The molecule has 0 aromatic rings. The summed E-state index contributed by atoms with van der Waals surface area (Å²) in [6, 6.07) is -0.970. The van der Waals surface area contributed by atoms with Gasteiger partial charge in [-0.05, 0) is 0 Å². The number of aliphatic hydroxyl groups excluding tert-OH is 2. The third-order valence-electron chi connectivity index (χ3n) is 0.908. The summed E-state index contributed by atoms with van der Waals surface area (Å²) in [5, 5.41) is 16.9. The van der Waals surface area contributed by atoms with E-state index in [2.05, 4.69) is 5.73 Å². The summed E-state index contributed by atoms with van der Waals surface area (Å²) in [4.78, 5) is 10.1. The van der Waals surface area contributed by atoms with Crippen LogP contribution in [-0.4, -0.2) is 34.9 Å². The molecule has 0 aromatic carbocycles. The van der Waals surface area contributed by atoms with E-state index in [1.54, 1.807) is 0 Å². The molecule has 0 aromatic heterocycles. The number of hydrogen-bond donors (Lipinski definition) is 4. The minimum atomic E-state index is -1.45. The molecule has 2 atom stereocenters. The van der Waals surface area contributed by atoms with E-state index in [-0.39, 0.29) is 0 Å². The van der Waals surface area contributed by atoms with Crippen LogP contribution in [0.5, 0.6) is 0 Å². The Balaban J connectivity index is 3.72. The van der Waals surface area contributed by atoms with Gasteiger partial charge >= 0.3 is 0 Å². The van der Waals surface area contributed by atoms with Crippen molar-refractivity contribution < 1.29 is 15.0 Å².